The molecule has 0 saturated heterocycles. The van der Waals surface area contributed by atoms with Gasteiger partial charge in [0.2, 0.25) is 0 Å². The maximum Gasteiger partial charge on any atom is 0.0498 e. The van der Waals surface area contributed by atoms with Crippen LogP contribution >= 0.6 is 11.3 Å². The molecule has 0 atom stereocenters. The summed E-state index contributed by atoms with van der Waals surface area (Å²) in [7, 11) is 0. The van der Waals surface area contributed by atoms with Gasteiger partial charge in [0.1, 0.15) is 0 Å². The third-order valence-corrected chi connectivity index (χ3v) is 3.25. The summed E-state index contributed by atoms with van der Waals surface area (Å²) in [5, 5.41) is 1.19. The van der Waals surface area contributed by atoms with Crippen molar-refractivity contribution in [2.45, 2.75) is 20.8 Å². The molecule has 0 spiro atoms. The van der Waals surface area contributed by atoms with Crippen LogP contribution in [0.4, 0.5) is 0 Å². The number of hydrogen-bond acceptors (Lipinski definition) is 1. The first-order valence-electron chi connectivity index (χ1n) is 4.63. The molecule has 1 heteroatoms. The van der Waals surface area contributed by atoms with Crippen molar-refractivity contribution in [2.75, 3.05) is 0 Å². The molecule has 0 bridgehead atoms. The molecule has 0 radical (unpaired) electrons. The summed E-state index contributed by atoms with van der Waals surface area (Å²) in [5.41, 5.74) is 1.02. The van der Waals surface area contributed by atoms with Gasteiger partial charge in [0.05, 0.1) is 0 Å². The summed E-state index contributed by atoms with van der Waals surface area (Å²) in [4.78, 5) is 1.18. The minimum absolute atomic E-state index is 1.02. The molecular formula is C13H14S. The molecule has 0 aliphatic rings. The SMILES string of the molecule is C#Cc1c(/C=C\C)sc(=C/C)/c1=C\C. The molecule has 0 N–H and O–H groups in total. The normalized spacial score (nSPS) is 13.9. The van der Waals surface area contributed by atoms with Crippen LogP contribution in [-0.2, 0) is 0 Å². The van der Waals surface area contributed by atoms with Crippen LogP contribution in [0, 0.1) is 12.3 Å². The largest absolute Gasteiger partial charge is 0.135 e. The zero-order valence-corrected chi connectivity index (χ0v) is 9.61. The minimum Gasteiger partial charge on any atom is -0.135 e. The van der Waals surface area contributed by atoms with Crippen molar-refractivity contribution in [3.8, 4) is 12.3 Å². The van der Waals surface area contributed by atoms with Crippen LogP contribution < -0.4 is 9.75 Å². The van der Waals surface area contributed by atoms with Crippen molar-refractivity contribution in [3.05, 3.63) is 26.3 Å². The van der Waals surface area contributed by atoms with Gasteiger partial charge in [0.15, 0.2) is 0 Å². The second kappa shape index (κ2) is 4.83. The highest BCUT2D eigenvalue weighted by molar-refractivity contribution is 7.11. The fourth-order valence-corrected chi connectivity index (χ4v) is 2.56. The molecule has 0 aromatic carbocycles. The Labute approximate surface area is 89.3 Å². The van der Waals surface area contributed by atoms with Crippen LogP contribution in [-0.4, -0.2) is 0 Å². The Kier molecular flexibility index (Phi) is 3.73. The van der Waals surface area contributed by atoms with Crippen molar-refractivity contribution in [1.29, 1.82) is 0 Å². The van der Waals surface area contributed by atoms with E-state index in [2.05, 4.69) is 24.1 Å². The van der Waals surface area contributed by atoms with Crippen LogP contribution in [0.25, 0.3) is 18.2 Å². The lowest BCUT2D eigenvalue weighted by molar-refractivity contribution is 1.60. The van der Waals surface area contributed by atoms with E-state index in [1.807, 2.05) is 26.8 Å². The lowest BCUT2D eigenvalue weighted by Gasteiger charge is -1.86. The molecule has 0 aliphatic carbocycles. The molecule has 0 fully saturated rings. The first kappa shape index (κ1) is 10.8. The third-order valence-electron chi connectivity index (χ3n) is 2.01. The fraction of sp³-hybridized carbons (Fsp3) is 0.231. The molecule has 0 nitrogen and oxygen atoms in total. The van der Waals surface area contributed by atoms with E-state index >= 15 is 0 Å². The fourth-order valence-electron chi connectivity index (χ4n) is 1.40. The zero-order chi connectivity index (χ0) is 10.6. The summed E-state index contributed by atoms with van der Waals surface area (Å²) in [6.07, 6.45) is 13.8. The highest BCUT2D eigenvalue weighted by Gasteiger charge is 2.02. The molecule has 0 amide bonds. The van der Waals surface area contributed by atoms with Crippen molar-refractivity contribution in [1.82, 2.24) is 0 Å². The second-order valence-corrected chi connectivity index (χ2v) is 3.92. The standard InChI is InChI=1S/C13H14S/c1-5-9-13-11(7-3)10(6-2)12(8-4)14-13/h3,5-6,8-9H,1-2,4H3/b9-5-,10-6-,12-8+. The van der Waals surface area contributed by atoms with Crippen molar-refractivity contribution >= 4 is 29.6 Å². The first-order chi connectivity index (χ1) is 6.78. The van der Waals surface area contributed by atoms with E-state index in [0.717, 1.165) is 5.56 Å². The Bertz CT molecular complexity index is 493. The second-order valence-electron chi connectivity index (χ2n) is 2.84. The number of rotatable bonds is 1. The number of allylic oxidation sites excluding steroid dienone is 1. The Hall–Kier alpha value is -1.26. The van der Waals surface area contributed by atoms with Gasteiger partial charge in [-0.2, -0.15) is 0 Å². The quantitative estimate of drug-likeness (QED) is 0.613. The van der Waals surface area contributed by atoms with E-state index in [9.17, 15) is 0 Å². The summed E-state index contributed by atoms with van der Waals surface area (Å²) >= 11 is 1.74. The summed E-state index contributed by atoms with van der Waals surface area (Å²) in [6.45, 7) is 6.07. The lowest BCUT2D eigenvalue weighted by atomic mass is 10.2. The van der Waals surface area contributed by atoms with Gasteiger partial charge < -0.3 is 0 Å². The average Bonchev–Trinajstić information content (AvgIpc) is 2.55. The van der Waals surface area contributed by atoms with Crippen LogP contribution in [0.3, 0.4) is 0 Å². The topological polar surface area (TPSA) is 0 Å². The van der Waals surface area contributed by atoms with Crippen molar-refractivity contribution in [2.24, 2.45) is 0 Å². The number of terminal acetylenes is 1. The van der Waals surface area contributed by atoms with Gasteiger partial charge in [0, 0.05) is 20.2 Å². The predicted octanol–water partition coefficient (Wildman–Crippen LogP) is 2.36. The summed E-state index contributed by atoms with van der Waals surface area (Å²) in [6, 6.07) is 0. The first-order valence-corrected chi connectivity index (χ1v) is 5.44. The third kappa shape index (κ3) is 1.81. The molecule has 1 aromatic heterocycles. The molecule has 0 aliphatic heterocycles. The van der Waals surface area contributed by atoms with E-state index < -0.39 is 0 Å². The maximum atomic E-state index is 5.51. The molecule has 1 aromatic rings. The average molecular weight is 202 g/mol. The lowest BCUT2D eigenvalue weighted by Crippen LogP contribution is -2.19. The van der Waals surface area contributed by atoms with Gasteiger partial charge in [-0.1, -0.05) is 24.1 Å². The number of hydrogen-bond donors (Lipinski definition) is 0. The van der Waals surface area contributed by atoms with E-state index in [-0.39, 0.29) is 0 Å². The highest BCUT2D eigenvalue weighted by Crippen LogP contribution is 2.09. The van der Waals surface area contributed by atoms with Gasteiger partial charge in [0.25, 0.3) is 0 Å². The maximum absolute atomic E-state index is 5.51. The van der Waals surface area contributed by atoms with Gasteiger partial charge in [-0.3, -0.25) is 0 Å². The monoisotopic (exact) mass is 202 g/mol. The molecule has 1 rings (SSSR count). The summed E-state index contributed by atoms with van der Waals surface area (Å²) < 4.78 is 1.26. The van der Waals surface area contributed by atoms with Crippen LogP contribution in [0.2, 0.25) is 0 Å². The Morgan fingerprint density at radius 1 is 1.21 bits per heavy atom. The van der Waals surface area contributed by atoms with Crippen molar-refractivity contribution in [3.63, 3.8) is 0 Å². The summed E-state index contributed by atoms with van der Waals surface area (Å²) in [5.74, 6) is 2.76. The van der Waals surface area contributed by atoms with Gasteiger partial charge in [-0.05, 0) is 26.8 Å². The predicted molar refractivity (Wildman–Crippen MR) is 66.5 cm³/mol. The van der Waals surface area contributed by atoms with Gasteiger partial charge in [-0.15, -0.1) is 17.8 Å². The highest BCUT2D eigenvalue weighted by atomic mass is 32.1. The Morgan fingerprint density at radius 3 is 2.36 bits per heavy atom. The molecular weight excluding hydrogens is 188 g/mol. The van der Waals surface area contributed by atoms with Gasteiger partial charge >= 0.3 is 0 Å². The van der Waals surface area contributed by atoms with Crippen LogP contribution in [0.5, 0.6) is 0 Å². The molecule has 1 heterocycles. The smallest absolute Gasteiger partial charge is 0.0498 e. The van der Waals surface area contributed by atoms with Crippen LogP contribution in [0.1, 0.15) is 31.2 Å². The molecule has 0 saturated carbocycles. The minimum atomic E-state index is 1.02. The van der Waals surface area contributed by atoms with E-state index in [1.165, 1.54) is 14.6 Å². The van der Waals surface area contributed by atoms with E-state index in [0.29, 0.717) is 0 Å². The zero-order valence-electron chi connectivity index (χ0n) is 8.79. The van der Waals surface area contributed by atoms with Gasteiger partial charge in [-0.25, -0.2) is 0 Å². The Balaban J connectivity index is 3.68. The molecule has 72 valence electrons. The van der Waals surface area contributed by atoms with E-state index in [1.54, 1.807) is 11.3 Å². The molecule has 0 unspecified atom stereocenters. The molecule has 14 heavy (non-hydrogen) atoms. The van der Waals surface area contributed by atoms with Crippen LogP contribution in [0.15, 0.2) is 6.08 Å². The number of thiophene rings is 1. The van der Waals surface area contributed by atoms with Crippen molar-refractivity contribution < 1.29 is 0 Å². The Morgan fingerprint density at radius 2 is 1.93 bits per heavy atom. The van der Waals surface area contributed by atoms with E-state index in [4.69, 9.17) is 6.42 Å².